The Morgan fingerprint density at radius 2 is 1.74 bits per heavy atom. The second kappa shape index (κ2) is 12.3. The van der Waals surface area contributed by atoms with Crippen molar-refractivity contribution in [3.8, 4) is 5.75 Å². The average Bonchev–Trinajstić information content (AvgIpc) is 3.16. The van der Waals surface area contributed by atoms with Gasteiger partial charge in [-0.25, -0.2) is 13.2 Å². The van der Waals surface area contributed by atoms with E-state index in [1.165, 1.54) is 24.3 Å². The van der Waals surface area contributed by atoms with Crippen LogP contribution >= 0.6 is 0 Å². The molecule has 0 unspecified atom stereocenters. The van der Waals surface area contributed by atoms with Gasteiger partial charge in [0.15, 0.2) is 6.61 Å². The lowest BCUT2D eigenvalue weighted by Gasteiger charge is -2.19. The van der Waals surface area contributed by atoms with Crippen molar-refractivity contribution in [2.75, 3.05) is 26.8 Å². The lowest BCUT2D eigenvalue weighted by molar-refractivity contribution is -0.143. The average molecular weight is 487 g/mol. The minimum absolute atomic E-state index is 0.238. The Kier molecular flexibility index (Phi) is 9.24. The van der Waals surface area contributed by atoms with E-state index in [0.717, 1.165) is 31.2 Å². The molecule has 1 aliphatic heterocycles. The van der Waals surface area contributed by atoms with Gasteiger partial charge in [0.25, 0.3) is 5.91 Å². The molecule has 3 rings (SSSR count). The van der Waals surface area contributed by atoms with Gasteiger partial charge in [0.1, 0.15) is 5.75 Å². The van der Waals surface area contributed by atoms with E-state index in [0.29, 0.717) is 24.4 Å². The number of hydrogen-bond donors (Lipinski definition) is 1. The van der Waals surface area contributed by atoms with Crippen LogP contribution in [0.4, 0.5) is 0 Å². The van der Waals surface area contributed by atoms with E-state index in [2.05, 4.69) is 5.32 Å². The van der Waals surface area contributed by atoms with Crippen LogP contribution in [0.25, 0.3) is 6.08 Å². The molecule has 2 aromatic carbocycles. The normalized spacial score (nSPS) is 15.0. The number of hydrogen-bond acceptors (Lipinski definition) is 6. The molecule has 1 aliphatic rings. The van der Waals surface area contributed by atoms with Crippen molar-refractivity contribution in [3.63, 3.8) is 0 Å². The van der Waals surface area contributed by atoms with Crippen molar-refractivity contribution in [3.05, 3.63) is 65.7 Å². The summed E-state index contributed by atoms with van der Waals surface area (Å²) in [6.45, 7) is 0.974. The molecular weight excluding hydrogens is 456 g/mol. The summed E-state index contributed by atoms with van der Waals surface area (Å²) in [6, 6.07) is 13.6. The molecule has 8 nitrogen and oxygen atoms in total. The number of sulfonamides is 1. The van der Waals surface area contributed by atoms with Gasteiger partial charge >= 0.3 is 5.97 Å². The van der Waals surface area contributed by atoms with Crippen molar-refractivity contribution in [2.24, 2.45) is 0 Å². The molecule has 0 radical (unpaired) electrons. The molecule has 0 atom stereocenters. The van der Waals surface area contributed by atoms with E-state index in [4.69, 9.17) is 9.47 Å². The van der Waals surface area contributed by atoms with Gasteiger partial charge in [-0.2, -0.15) is 4.31 Å². The predicted octanol–water partition coefficient (Wildman–Crippen LogP) is 3.13. The predicted molar refractivity (Wildman–Crippen MR) is 129 cm³/mol. The Bertz CT molecular complexity index is 1100. The van der Waals surface area contributed by atoms with Crippen LogP contribution in [0.15, 0.2) is 59.5 Å². The smallest absolute Gasteiger partial charge is 0.331 e. The highest BCUT2D eigenvalue weighted by molar-refractivity contribution is 7.89. The Labute approximate surface area is 200 Å². The number of carbonyl (C=O) groups is 2. The summed E-state index contributed by atoms with van der Waals surface area (Å²) in [5.41, 5.74) is 1.51. The molecule has 0 aliphatic carbocycles. The van der Waals surface area contributed by atoms with Crippen LogP contribution in [0.2, 0.25) is 0 Å². The van der Waals surface area contributed by atoms with E-state index in [-0.39, 0.29) is 11.4 Å². The van der Waals surface area contributed by atoms with Crippen molar-refractivity contribution in [2.45, 2.75) is 37.1 Å². The first-order valence-electron chi connectivity index (χ1n) is 11.2. The number of rotatable bonds is 9. The lowest BCUT2D eigenvalue weighted by Crippen LogP contribution is -2.31. The third kappa shape index (κ3) is 7.43. The Hall–Kier alpha value is -3.17. The molecule has 34 heavy (non-hydrogen) atoms. The van der Waals surface area contributed by atoms with Crippen LogP contribution in [-0.2, 0) is 30.9 Å². The van der Waals surface area contributed by atoms with Crippen LogP contribution in [0.1, 0.15) is 36.8 Å². The van der Waals surface area contributed by atoms with Crippen LogP contribution in [0.5, 0.6) is 5.75 Å². The maximum atomic E-state index is 12.8. The number of nitrogens with one attached hydrogen (secondary N) is 1. The molecule has 1 heterocycles. The number of benzene rings is 2. The van der Waals surface area contributed by atoms with Gasteiger partial charge in [-0.1, -0.05) is 37.1 Å². The largest absolute Gasteiger partial charge is 0.497 e. The summed E-state index contributed by atoms with van der Waals surface area (Å²) < 4.78 is 37.3. The standard InChI is InChI=1S/C25H30N2O6S/c1-32-22-8-6-7-21(17-22)18-26-24(28)19-33-25(29)14-11-20-9-12-23(13-10-20)34(30,31)27-15-4-2-3-5-16-27/h6-14,17H,2-5,15-16,18-19H2,1H3,(H,26,28)/b14-11+. The molecule has 1 fully saturated rings. The van der Waals surface area contributed by atoms with E-state index in [1.54, 1.807) is 29.6 Å². The molecule has 0 aromatic heterocycles. The second-order valence-electron chi connectivity index (χ2n) is 7.96. The van der Waals surface area contributed by atoms with Gasteiger partial charge in [-0.15, -0.1) is 0 Å². The third-order valence-corrected chi connectivity index (χ3v) is 7.38. The summed E-state index contributed by atoms with van der Waals surface area (Å²) in [7, 11) is -1.95. The molecule has 1 amide bonds. The zero-order chi connectivity index (χ0) is 24.4. The van der Waals surface area contributed by atoms with Crippen LogP contribution in [0, 0.1) is 0 Å². The van der Waals surface area contributed by atoms with E-state index in [9.17, 15) is 18.0 Å². The summed E-state index contributed by atoms with van der Waals surface area (Å²) >= 11 is 0. The van der Waals surface area contributed by atoms with Crippen molar-refractivity contribution in [1.29, 1.82) is 0 Å². The van der Waals surface area contributed by atoms with Crippen LogP contribution in [-0.4, -0.2) is 51.4 Å². The number of nitrogens with zero attached hydrogens (tertiary/aromatic N) is 1. The fourth-order valence-corrected chi connectivity index (χ4v) is 5.08. The van der Waals surface area contributed by atoms with Crippen molar-refractivity contribution >= 4 is 28.0 Å². The molecule has 9 heteroatoms. The number of amides is 1. The summed E-state index contributed by atoms with van der Waals surface area (Å²) in [5, 5.41) is 2.67. The number of ether oxygens (including phenoxy) is 2. The summed E-state index contributed by atoms with van der Waals surface area (Å²) in [4.78, 5) is 24.1. The zero-order valence-corrected chi connectivity index (χ0v) is 20.1. The minimum Gasteiger partial charge on any atom is -0.497 e. The Morgan fingerprint density at radius 3 is 2.41 bits per heavy atom. The zero-order valence-electron chi connectivity index (χ0n) is 19.2. The molecule has 182 valence electrons. The number of carbonyl (C=O) groups excluding carboxylic acids is 2. The summed E-state index contributed by atoms with van der Waals surface area (Å²) in [6.07, 6.45) is 6.57. The Morgan fingerprint density at radius 1 is 1.03 bits per heavy atom. The fraction of sp³-hybridized carbons (Fsp3) is 0.360. The first kappa shape index (κ1) is 25.5. The second-order valence-corrected chi connectivity index (χ2v) is 9.89. The number of methoxy groups -OCH3 is 1. The van der Waals surface area contributed by atoms with E-state index in [1.807, 2.05) is 18.2 Å². The first-order valence-corrected chi connectivity index (χ1v) is 12.7. The van der Waals surface area contributed by atoms with Gasteiger partial charge < -0.3 is 14.8 Å². The van der Waals surface area contributed by atoms with E-state index < -0.39 is 28.5 Å². The van der Waals surface area contributed by atoms with Crippen molar-refractivity contribution in [1.82, 2.24) is 9.62 Å². The van der Waals surface area contributed by atoms with Gasteiger partial charge in [0, 0.05) is 25.7 Å². The van der Waals surface area contributed by atoms with Crippen LogP contribution < -0.4 is 10.1 Å². The topological polar surface area (TPSA) is 102 Å². The minimum atomic E-state index is -3.51. The molecule has 2 aromatic rings. The molecule has 0 saturated carbocycles. The lowest BCUT2D eigenvalue weighted by atomic mass is 10.2. The highest BCUT2D eigenvalue weighted by Crippen LogP contribution is 2.21. The fourth-order valence-electron chi connectivity index (χ4n) is 3.57. The Balaban J connectivity index is 1.46. The highest BCUT2D eigenvalue weighted by atomic mass is 32.2. The van der Waals surface area contributed by atoms with Gasteiger partial charge in [-0.05, 0) is 54.3 Å². The quantitative estimate of drug-likeness (QED) is 0.432. The van der Waals surface area contributed by atoms with Gasteiger partial charge in [-0.3, -0.25) is 4.79 Å². The van der Waals surface area contributed by atoms with E-state index >= 15 is 0 Å². The SMILES string of the molecule is COc1cccc(CNC(=O)COC(=O)/C=C/c2ccc(S(=O)(=O)N3CCCCCC3)cc2)c1. The number of esters is 1. The highest BCUT2D eigenvalue weighted by Gasteiger charge is 2.24. The van der Waals surface area contributed by atoms with Gasteiger partial charge in [0.05, 0.1) is 12.0 Å². The van der Waals surface area contributed by atoms with Crippen LogP contribution in [0.3, 0.4) is 0 Å². The maximum absolute atomic E-state index is 12.8. The summed E-state index contributed by atoms with van der Waals surface area (Å²) in [5.74, 6) is -0.402. The van der Waals surface area contributed by atoms with Crippen molar-refractivity contribution < 1.29 is 27.5 Å². The molecule has 0 spiro atoms. The third-order valence-electron chi connectivity index (χ3n) is 5.46. The molecule has 0 bridgehead atoms. The monoisotopic (exact) mass is 486 g/mol. The first-order chi connectivity index (χ1) is 16.4. The van der Waals surface area contributed by atoms with Gasteiger partial charge in [0.2, 0.25) is 10.0 Å². The molecule has 1 N–H and O–H groups in total. The maximum Gasteiger partial charge on any atom is 0.331 e. The molecular formula is C25H30N2O6S. The molecule has 1 saturated heterocycles.